The average molecular weight is 683 g/mol. The highest BCUT2D eigenvalue weighted by molar-refractivity contribution is 7.25. The maximum absolute atomic E-state index is 6.96. The Morgan fingerprint density at radius 3 is 2.19 bits per heavy atom. The molecule has 4 heteroatoms. The molecule has 0 fully saturated rings. The number of thiophene rings is 1. The van der Waals surface area contributed by atoms with Crippen molar-refractivity contribution in [2.24, 2.45) is 0 Å². The van der Waals surface area contributed by atoms with Crippen molar-refractivity contribution in [1.82, 2.24) is 9.97 Å². The molecule has 0 N–H and O–H groups in total. The Bertz CT molecular complexity index is 3110. The monoisotopic (exact) mass is 682 g/mol. The maximum Gasteiger partial charge on any atom is 0.161 e. The Hall–Kier alpha value is -6.36. The van der Waals surface area contributed by atoms with E-state index in [0.29, 0.717) is 5.82 Å². The van der Waals surface area contributed by atoms with Gasteiger partial charge in [0.2, 0.25) is 0 Å². The van der Waals surface area contributed by atoms with Crippen molar-refractivity contribution in [1.29, 1.82) is 0 Å². The highest BCUT2D eigenvalue weighted by Gasteiger charge is 2.25. The second-order valence-electron chi connectivity index (χ2n) is 13.6. The molecule has 1 aliphatic rings. The van der Waals surface area contributed by atoms with Crippen molar-refractivity contribution in [2.45, 2.75) is 12.3 Å². The minimum absolute atomic E-state index is 0.255. The molecular weight excluding hydrogens is 653 g/mol. The van der Waals surface area contributed by atoms with Gasteiger partial charge in [-0.25, -0.2) is 9.97 Å². The average Bonchev–Trinajstić information content (AvgIpc) is 3.80. The molecule has 0 radical (unpaired) electrons. The third kappa shape index (κ3) is 4.58. The van der Waals surface area contributed by atoms with Crippen LogP contribution in [0.15, 0.2) is 168 Å². The molecule has 0 saturated carbocycles. The smallest absolute Gasteiger partial charge is 0.161 e. The van der Waals surface area contributed by atoms with Gasteiger partial charge >= 0.3 is 0 Å². The fraction of sp³-hybridized carbons (Fsp3) is 0.0417. The molecule has 0 amide bonds. The third-order valence-corrected chi connectivity index (χ3v) is 11.7. The fourth-order valence-corrected chi connectivity index (χ4v) is 9.18. The van der Waals surface area contributed by atoms with Crippen molar-refractivity contribution in [3.05, 3.63) is 169 Å². The van der Waals surface area contributed by atoms with E-state index in [1.807, 2.05) is 0 Å². The summed E-state index contributed by atoms with van der Waals surface area (Å²) in [5.74, 6) is 0.962. The Labute approximate surface area is 303 Å². The quantitative estimate of drug-likeness (QED) is 0.185. The summed E-state index contributed by atoms with van der Waals surface area (Å²) in [6, 6.07) is 49.8. The predicted molar refractivity (Wildman–Crippen MR) is 219 cm³/mol. The maximum atomic E-state index is 6.96. The van der Waals surface area contributed by atoms with E-state index in [0.717, 1.165) is 61.0 Å². The second kappa shape index (κ2) is 11.6. The standard InChI is InChI=1S/C48H30N2OS/c1-2-11-31(12-3-1)37-25-26-39(46-43(37)42-36-15-7-6-13-32(36)24-27-40(42)51-46)45-44-38-16-8-9-17-41(38)52-48(44)50-47(49-45)33-21-18-30(19-22-33)35-23-20-29-10-4-5-14-34(29)28-35/h1-11,13-28,31H,12H2. The van der Waals surface area contributed by atoms with Crippen LogP contribution in [0.25, 0.3) is 97.6 Å². The van der Waals surface area contributed by atoms with Gasteiger partial charge < -0.3 is 4.42 Å². The number of hydrogen-bond donors (Lipinski definition) is 0. The Kier molecular flexibility index (Phi) is 6.55. The minimum atomic E-state index is 0.255. The Balaban J connectivity index is 1.15. The minimum Gasteiger partial charge on any atom is -0.455 e. The van der Waals surface area contributed by atoms with Crippen molar-refractivity contribution in [2.75, 3.05) is 0 Å². The van der Waals surface area contributed by atoms with Gasteiger partial charge in [-0.3, -0.25) is 0 Å². The summed E-state index contributed by atoms with van der Waals surface area (Å²) in [5, 5.41) is 9.45. The first-order valence-electron chi connectivity index (χ1n) is 17.8. The van der Waals surface area contributed by atoms with Crippen LogP contribution in [0.2, 0.25) is 0 Å². The molecule has 3 nitrogen and oxygen atoms in total. The van der Waals surface area contributed by atoms with Gasteiger partial charge in [-0.15, -0.1) is 11.3 Å². The molecule has 0 bridgehead atoms. The first-order valence-corrected chi connectivity index (χ1v) is 18.6. The highest BCUT2D eigenvalue weighted by atomic mass is 32.1. The summed E-state index contributed by atoms with van der Waals surface area (Å²) in [6.07, 6.45) is 9.83. The molecule has 1 aliphatic carbocycles. The number of furan rings is 1. The van der Waals surface area contributed by atoms with E-state index >= 15 is 0 Å². The van der Waals surface area contributed by atoms with E-state index in [-0.39, 0.29) is 5.92 Å². The largest absolute Gasteiger partial charge is 0.455 e. The zero-order valence-corrected chi connectivity index (χ0v) is 28.9. The van der Waals surface area contributed by atoms with Gasteiger partial charge in [-0.05, 0) is 68.9 Å². The van der Waals surface area contributed by atoms with Crippen LogP contribution in [0, 0.1) is 0 Å². The molecule has 1 atom stereocenters. The number of rotatable bonds is 4. The normalized spacial score (nSPS) is 14.5. The van der Waals surface area contributed by atoms with E-state index in [4.69, 9.17) is 14.4 Å². The zero-order chi connectivity index (χ0) is 34.2. The van der Waals surface area contributed by atoms with E-state index < -0.39 is 0 Å². The zero-order valence-electron chi connectivity index (χ0n) is 28.1. The van der Waals surface area contributed by atoms with Gasteiger partial charge in [-0.1, -0.05) is 140 Å². The summed E-state index contributed by atoms with van der Waals surface area (Å²) in [6.45, 7) is 0. The molecule has 3 aromatic heterocycles. The molecule has 11 rings (SSSR count). The number of allylic oxidation sites excluding steroid dienone is 4. The summed E-state index contributed by atoms with van der Waals surface area (Å²) in [4.78, 5) is 11.6. The molecule has 52 heavy (non-hydrogen) atoms. The molecule has 0 spiro atoms. The Morgan fingerprint density at radius 1 is 0.577 bits per heavy atom. The lowest BCUT2D eigenvalue weighted by Crippen LogP contribution is -1.99. The van der Waals surface area contributed by atoms with E-state index in [1.165, 1.54) is 42.8 Å². The summed E-state index contributed by atoms with van der Waals surface area (Å²) >= 11 is 1.72. The first kappa shape index (κ1) is 29.4. The van der Waals surface area contributed by atoms with Gasteiger partial charge in [0.1, 0.15) is 16.0 Å². The van der Waals surface area contributed by atoms with E-state index in [1.54, 1.807) is 11.3 Å². The SMILES string of the molecule is C1=CCC(c2ccc(-c3nc(-c4ccc(-c5ccc6ccccc6c5)cc4)nc4sc5ccccc5c34)c3oc4ccc5ccccc5c4c23)C=C1. The van der Waals surface area contributed by atoms with Crippen LogP contribution >= 0.6 is 11.3 Å². The van der Waals surface area contributed by atoms with Crippen LogP contribution in [0.1, 0.15) is 17.9 Å². The molecule has 0 aliphatic heterocycles. The molecule has 244 valence electrons. The lowest BCUT2D eigenvalue weighted by Gasteiger charge is -2.16. The van der Waals surface area contributed by atoms with Crippen molar-refractivity contribution >= 4 is 75.1 Å². The van der Waals surface area contributed by atoms with Crippen molar-refractivity contribution in [3.8, 4) is 33.8 Å². The topological polar surface area (TPSA) is 38.9 Å². The number of aromatic nitrogens is 2. The van der Waals surface area contributed by atoms with E-state index in [2.05, 4.69) is 164 Å². The predicted octanol–water partition coefficient (Wildman–Crippen LogP) is 13.7. The number of benzene rings is 7. The van der Waals surface area contributed by atoms with Gasteiger partial charge in [0.15, 0.2) is 5.82 Å². The fourth-order valence-electron chi connectivity index (χ4n) is 8.10. The number of hydrogen-bond acceptors (Lipinski definition) is 4. The Morgan fingerprint density at radius 2 is 1.33 bits per heavy atom. The number of nitrogens with zero attached hydrogens (tertiary/aromatic N) is 2. The molecule has 10 aromatic rings. The van der Waals surface area contributed by atoms with Crippen LogP contribution < -0.4 is 0 Å². The lowest BCUT2D eigenvalue weighted by molar-refractivity contribution is 0.669. The van der Waals surface area contributed by atoms with Crippen LogP contribution in [0.4, 0.5) is 0 Å². The number of fused-ring (bicyclic) bond motifs is 9. The van der Waals surface area contributed by atoms with Gasteiger partial charge in [0, 0.05) is 43.3 Å². The summed E-state index contributed by atoms with van der Waals surface area (Å²) < 4.78 is 8.15. The molecule has 0 saturated heterocycles. The molecule has 1 unspecified atom stereocenters. The van der Waals surface area contributed by atoms with Crippen LogP contribution in [0.5, 0.6) is 0 Å². The van der Waals surface area contributed by atoms with Crippen molar-refractivity contribution < 1.29 is 4.42 Å². The highest BCUT2D eigenvalue weighted by Crippen LogP contribution is 2.47. The summed E-state index contributed by atoms with van der Waals surface area (Å²) in [7, 11) is 0. The lowest BCUT2D eigenvalue weighted by atomic mass is 9.87. The first-order chi connectivity index (χ1) is 25.8. The van der Waals surface area contributed by atoms with Crippen LogP contribution in [-0.2, 0) is 0 Å². The van der Waals surface area contributed by atoms with Gasteiger partial charge in [0.25, 0.3) is 0 Å². The van der Waals surface area contributed by atoms with Crippen molar-refractivity contribution in [3.63, 3.8) is 0 Å². The molecule has 3 heterocycles. The molecule has 7 aromatic carbocycles. The summed E-state index contributed by atoms with van der Waals surface area (Å²) in [5.41, 5.74) is 8.26. The molecular formula is C48H30N2OS. The van der Waals surface area contributed by atoms with Gasteiger partial charge in [0.05, 0.1) is 5.69 Å². The second-order valence-corrected chi connectivity index (χ2v) is 14.7. The van der Waals surface area contributed by atoms with Crippen LogP contribution in [-0.4, -0.2) is 9.97 Å². The third-order valence-electron chi connectivity index (χ3n) is 10.6. The van der Waals surface area contributed by atoms with E-state index in [9.17, 15) is 0 Å². The van der Waals surface area contributed by atoms with Crippen LogP contribution in [0.3, 0.4) is 0 Å². The van der Waals surface area contributed by atoms with Gasteiger partial charge in [-0.2, -0.15) is 0 Å².